The van der Waals surface area contributed by atoms with E-state index in [2.05, 4.69) is 0 Å². The molecule has 0 amide bonds. The van der Waals surface area contributed by atoms with E-state index >= 15 is 0 Å². The third kappa shape index (κ3) is 6.39. The van der Waals surface area contributed by atoms with Crippen LogP contribution in [-0.2, 0) is 19.6 Å². The van der Waals surface area contributed by atoms with Gasteiger partial charge in [-0.05, 0) is 23.8 Å². The molecule has 0 aromatic heterocycles. The van der Waals surface area contributed by atoms with Crippen molar-refractivity contribution in [2.75, 3.05) is 0 Å². The summed E-state index contributed by atoms with van der Waals surface area (Å²) in [6.45, 7) is 0. The molecule has 0 heterocycles. The molecule has 1 rings (SSSR count). The first-order valence-corrected chi connectivity index (χ1v) is 7.52. The van der Waals surface area contributed by atoms with Crippen molar-refractivity contribution < 1.29 is 28.2 Å². The molecule has 0 bridgehead atoms. The van der Waals surface area contributed by atoms with Crippen molar-refractivity contribution in [3.8, 4) is 0 Å². The fourth-order valence-electron chi connectivity index (χ4n) is 1.33. The van der Waals surface area contributed by atoms with Crippen molar-refractivity contribution in [1.82, 2.24) is 4.72 Å². The van der Waals surface area contributed by atoms with E-state index in [1.807, 2.05) is 0 Å². The van der Waals surface area contributed by atoms with Gasteiger partial charge >= 0.3 is 11.9 Å². The van der Waals surface area contributed by atoms with Crippen molar-refractivity contribution in [3.05, 3.63) is 40.3 Å². The van der Waals surface area contributed by atoms with Crippen LogP contribution in [0, 0.1) is 0 Å². The van der Waals surface area contributed by atoms with Crippen molar-refractivity contribution >= 4 is 39.6 Å². The van der Waals surface area contributed by atoms with Crippen LogP contribution in [0.2, 0.25) is 5.02 Å². The lowest BCUT2D eigenvalue weighted by atomic mass is 10.2. The number of rotatable bonds is 7. The largest absolute Gasteiger partial charge is 0.481 e. The van der Waals surface area contributed by atoms with Gasteiger partial charge in [-0.3, -0.25) is 9.59 Å². The van der Waals surface area contributed by atoms with Crippen LogP contribution in [-0.4, -0.2) is 36.6 Å². The molecule has 0 unspecified atom stereocenters. The predicted octanol–water partition coefficient (Wildman–Crippen LogP) is 1.16. The van der Waals surface area contributed by atoms with Gasteiger partial charge < -0.3 is 10.2 Å². The number of hydrogen-bond donors (Lipinski definition) is 3. The molecule has 1 aromatic rings. The van der Waals surface area contributed by atoms with E-state index in [0.29, 0.717) is 10.6 Å². The Labute approximate surface area is 125 Å². The summed E-state index contributed by atoms with van der Waals surface area (Å²) in [4.78, 5) is 21.3. The molecular formula is C12H12ClNO6S. The quantitative estimate of drug-likeness (QED) is 0.688. The molecule has 0 radical (unpaired) electrons. The highest BCUT2D eigenvalue weighted by molar-refractivity contribution is 7.92. The second-order valence-corrected chi connectivity index (χ2v) is 6.04. The average molecular weight is 334 g/mol. The second kappa shape index (κ2) is 7.21. The van der Waals surface area contributed by atoms with Crippen LogP contribution in [0.25, 0.3) is 6.08 Å². The molecule has 1 atom stereocenters. The Morgan fingerprint density at radius 2 is 1.81 bits per heavy atom. The lowest BCUT2D eigenvalue weighted by Gasteiger charge is -2.10. The summed E-state index contributed by atoms with van der Waals surface area (Å²) in [6.07, 6.45) is 0.377. The van der Waals surface area contributed by atoms with Gasteiger partial charge in [0.05, 0.1) is 6.42 Å². The molecule has 0 aliphatic heterocycles. The van der Waals surface area contributed by atoms with Crippen LogP contribution >= 0.6 is 11.6 Å². The van der Waals surface area contributed by atoms with E-state index in [4.69, 9.17) is 21.8 Å². The van der Waals surface area contributed by atoms with Crippen LogP contribution in [0.4, 0.5) is 0 Å². The fourth-order valence-corrected chi connectivity index (χ4v) is 2.46. The molecule has 0 aliphatic rings. The van der Waals surface area contributed by atoms with Gasteiger partial charge in [0.2, 0.25) is 10.0 Å². The second-order valence-electron chi connectivity index (χ2n) is 4.01. The standard InChI is InChI=1S/C12H12ClNO6S/c13-9-3-1-8(2-4-9)5-6-21(19,20)14-10(12(17)18)7-11(15)16/h1-6,10,14H,7H2,(H,15,16)(H,17,18)/b6-5+/t10-/m1/s1. The molecule has 0 aliphatic carbocycles. The zero-order valence-electron chi connectivity index (χ0n) is 10.6. The summed E-state index contributed by atoms with van der Waals surface area (Å²) < 4.78 is 25.2. The predicted molar refractivity (Wildman–Crippen MR) is 76.2 cm³/mol. The van der Waals surface area contributed by atoms with E-state index < -0.39 is 34.4 Å². The molecule has 3 N–H and O–H groups in total. The molecule has 0 fully saturated rings. The fraction of sp³-hybridized carbons (Fsp3) is 0.167. The average Bonchev–Trinajstić information content (AvgIpc) is 2.36. The molecule has 1 aromatic carbocycles. The molecule has 114 valence electrons. The number of carboxylic acid groups (broad SMARTS) is 2. The molecule has 0 spiro atoms. The lowest BCUT2D eigenvalue weighted by Crippen LogP contribution is -2.41. The van der Waals surface area contributed by atoms with Gasteiger partial charge in [0.1, 0.15) is 6.04 Å². The Morgan fingerprint density at radius 1 is 1.24 bits per heavy atom. The number of hydrogen-bond acceptors (Lipinski definition) is 4. The van der Waals surface area contributed by atoms with E-state index in [1.165, 1.54) is 6.08 Å². The minimum atomic E-state index is -4.09. The van der Waals surface area contributed by atoms with Gasteiger partial charge in [-0.1, -0.05) is 23.7 Å². The minimum absolute atomic E-state index is 0.487. The summed E-state index contributed by atoms with van der Waals surface area (Å²) in [5.41, 5.74) is 0.537. The first-order chi connectivity index (χ1) is 9.69. The van der Waals surface area contributed by atoms with Gasteiger partial charge in [-0.15, -0.1) is 0 Å². The maximum atomic E-state index is 11.7. The van der Waals surface area contributed by atoms with Crippen molar-refractivity contribution in [2.24, 2.45) is 0 Å². The number of benzene rings is 1. The SMILES string of the molecule is O=C(O)C[C@@H](NS(=O)(=O)/C=C/c1ccc(Cl)cc1)C(=O)O. The third-order valence-electron chi connectivity index (χ3n) is 2.29. The Hall–Kier alpha value is -1.90. The van der Waals surface area contributed by atoms with Gasteiger partial charge in [-0.25, -0.2) is 8.42 Å². The van der Waals surface area contributed by atoms with Crippen molar-refractivity contribution in [2.45, 2.75) is 12.5 Å². The molecule has 0 saturated heterocycles. The number of carboxylic acids is 2. The minimum Gasteiger partial charge on any atom is -0.481 e. The first-order valence-electron chi connectivity index (χ1n) is 5.60. The molecule has 9 heteroatoms. The van der Waals surface area contributed by atoms with Crippen LogP contribution < -0.4 is 4.72 Å². The Morgan fingerprint density at radius 3 is 2.29 bits per heavy atom. The summed E-state index contributed by atoms with van der Waals surface area (Å²) >= 11 is 5.68. The highest BCUT2D eigenvalue weighted by Crippen LogP contribution is 2.11. The maximum Gasteiger partial charge on any atom is 0.322 e. The molecule has 7 nitrogen and oxygen atoms in total. The van der Waals surface area contributed by atoms with Crippen LogP contribution in [0.3, 0.4) is 0 Å². The number of aliphatic carboxylic acids is 2. The Kier molecular flexibility index (Phi) is 5.89. The van der Waals surface area contributed by atoms with E-state index in [1.54, 1.807) is 29.0 Å². The zero-order valence-corrected chi connectivity index (χ0v) is 12.1. The molecular weight excluding hydrogens is 322 g/mol. The number of halogens is 1. The van der Waals surface area contributed by atoms with Crippen molar-refractivity contribution in [1.29, 1.82) is 0 Å². The van der Waals surface area contributed by atoms with Crippen LogP contribution in [0.15, 0.2) is 29.7 Å². The number of sulfonamides is 1. The molecule has 0 saturated carbocycles. The Bertz CT molecular complexity index is 653. The summed E-state index contributed by atoms with van der Waals surface area (Å²) in [7, 11) is -4.09. The van der Waals surface area contributed by atoms with Gasteiger partial charge in [0, 0.05) is 10.4 Å². The van der Waals surface area contributed by atoms with Crippen LogP contribution in [0.1, 0.15) is 12.0 Å². The summed E-state index contributed by atoms with van der Waals surface area (Å²) in [6, 6.07) is 4.53. The van der Waals surface area contributed by atoms with E-state index in [-0.39, 0.29) is 0 Å². The smallest absolute Gasteiger partial charge is 0.322 e. The normalized spacial score (nSPS) is 13.2. The molecule has 21 heavy (non-hydrogen) atoms. The highest BCUT2D eigenvalue weighted by atomic mass is 35.5. The van der Waals surface area contributed by atoms with Crippen LogP contribution in [0.5, 0.6) is 0 Å². The Balaban J connectivity index is 2.82. The first kappa shape index (κ1) is 17.2. The number of carbonyl (C=O) groups is 2. The highest BCUT2D eigenvalue weighted by Gasteiger charge is 2.25. The zero-order chi connectivity index (χ0) is 16.0. The van der Waals surface area contributed by atoms with Gasteiger partial charge in [-0.2, -0.15) is 4.72 Å². The summed E-state index contributed by atoms with van der Waals surface area (Å²) in [5, 5.41) is 18.6. The maximum absolute atomic E-state index is 11.7. The van der Waals surface area contributed by atoms with E-state index in [9.17, 15) is 18.0 Å². The third-order valence-corrected chi connectivity index (χ3v) is 3.65. The van der Waals surface area contributed by atoms with Gasteiger partial charge in [0.15, 0.2) is 0 Å². The van der Waals surface area contributed by atoms with E-state index in [0.717, 1.165) is 5.41 Å². The van der Waals surface area contributed by atoms with Gasteiger partial charge in [0.25, 0.3) is 0 Å². The monoisotopic (exact) mass is 333 g/mol. The lowest BCUT2D eigenvalue weighted by molar-refractivity contribution is -0.145. The topological polar surface area (TPSA) is 121 Å². The number of nitrogens with one attached hydrogen (secondary N) is 1. The van der Waals surface area contributed by atoms with Crippen molar-refractivity contribution in [3.63, 3.8) is 0 Å². The summed E-state index contributed by atoms with van der Waals surface area (Å²) in [5.74, 6) is -2.99.